The van der Waals surface area contributed by atoms with Crippen molar-refractivity contribution >= 4 is 89.0 Å². The Morgan fingerprint density at radius 2 is 1.62 bits per heavy atom. The van der Waals surface area contributed by atoms with Crippen molar-refractivity contribution in [2.45, 2.75) is 90.3 Å². The molecule has 4 heterocycles. The molecule has 0 unspecified atom stereocenters. The standard InChI is InChI=1S/C43H53N9O5.4H2S/c1-26(2)36(50-42(56)57-4)40(54)52-25-43(18-19-43)23-35(52)38-47-31-17-14-29(22-32(31)48-38)11-10-28-12-15-30(16-13-28)33-24-46-37(49-33)34-9-7-21-51(34)39(53)27(3)8-5-6-20-45-41(44)55;;;;/h12-17,22,24,26-27,34-36H,5-9,18-21,23,25H2,1-4H3,(H,46,49)(H,47,48)(H,50,56)(H3,44,45,55);4*1H2/t27-,34-,35-,36-;;;;/m0..../s1. The van der Waals surface area contributed by atoms with E-state index in [1.54, 1.807) is 0 Å². The molecule has 3 fully saturated rings. The van der Waals surface area contributed by atoms with E-state index in [2.05, 4.69) is 32.4 Å². The van der Waals surface area contributed by atoms with Crippen LogP contribution in [0.15, 0.2) is 48.7 Å². The maximum atomic E-state index is 13.9. The predicted octanol–water partition coefficient (Wildman–Crippen LogP) is 6.38. The van der Waals surface area contributed by atoms with Gasteiger partial charge in [0.05, 0.1) is 42.1 Å². The topological polar surface area (TPSA) is 191 Å². The monoisotopic (exact) mass is 911 g/mol. The van der Waals surface area contributed by atoms with Gasteiger partial charge in [0, 0.05) is 36.7 Å². The highest BCUT2D eigenvalue weighted by molar-refractivity contribution is 7.59. The molecular formula is C43H61N9O5S4. The minimum absolute atomic E-state index is 0. The van der Waals surface area contributed by atoms with Crippen molar-refractivity contribution in [3.63, 3.8) is 0 Å². The fourth-order valence-corrected chi connectivity index (χ4v) is 8.25. The number of imidazole rings is 2. The number of rotatable bonds is 12. The van der Waals surface area contributed by atoms with E-state index < -0.39 is 18.2 Å². The summed E-state index contributed by atoms with van der Waals surface area (Å²) in [5.74, 6) is 7.91. The Morgan fingerprint density at radius 3 is 2.30 bits per heavy atom. The lowest BCUT2D eigenvalue weighted by Crippen LogP contribution is -2.51. The summed E-state index contributed by atoms with van der Waals surface area (Å²) in [5.41, 5.74) is 10.5. The molecule has 2 aromatic heterocycles. The highest BCUT2D eigenvalue weighted by atomic mass is 32.1. The number of nitrogens with zero attached hydrogens (tertiary/aromatic N) is 4. The van der Waals surface area contributed by atoms with Crippen LogP contribution in [0.3, 0.4) is 0 Å². The first-order valence-corrected chi connectivity index (χ1v) is 20.1. The van der Waals surface area contributed by atoms with Gasteiger partial charge in [0.1, 0.15) is 17.7 Å². The number of alkyl carbamates (subject to hydrolysis) is 1. The number of amides is 5. The van der Waals surface area contributed by atoms with Crippen LogP contribution in [-0.4, -0.2) is 86.5 Å². The number of urea groups is 1. The van der Waals surface area contributed by atoms with Crippen LogP contribution in [0, 0.1) is 29.1 Å². The zero-order valence-corrected chi connectivity index (χ0v) is 39.2. The molecule has 61 heavy (non-hydrogen) atoms. The molecule has 1 spiro atoms. The lowest BCUT2D eigenvalue weighted by Gasteiger charge is -2.30. The molecule has 1 aliphatic carbocycles. The zero-order chi connectivity index (χ0) is 40.3. The fraction of sp³-hybridized carbons (Fsp3) is 0.488. The van der Waals surface area contributed by atoms with Crippen LogP contribution < -0.4 is 16.4 Å². The minimum Gasteiger partial charge on any atom is -0.453 e. The summed E-state index contributed by atoms with van der Waals surface area (Å²) >= 11 is 0. The molecule has 6 N–H and O–H groups in total. The van der Waals surface area contributed by atoms with Crippen LogP contribution >= 0.6 is 54.0 Å². The fourth-order valence-electron chi connectivity index (χ4n) is 8.25. The largest absolute Gasteiger partial charge is 0.453 e. The number of H-pyrrole nitrogens is 2. The number of fused-ring (bicyclic) bond motifs is 1. The molecule has 2 aromatic carbocycles. The summed E-state index contributed by atoms with van der Waals surface area (Å²) in [6.07, 6.45) is 8.37. The second-order valence-electron chi connectivity index (χ2n) is 16.3. The van der Waals surface area contributed by atoms with Gasteiger partial charge in [-0.2, -0.15) is 54.0 Å². The van der Waals surface area contributed by atoms with Crippen LogP contribution in [0.4, 0.5) is 9.59 Å². The molecule has 2 aliphatic heterocycles. The molecule has 3 aliphatic rings. The molecule has 14 nitrogen and oxygen atoms in total. The Labute approximate surface area is 385 Å². The first-order chi connectivity index (χ1) is 27.4. The number of nitrogens with two attached hydrogens (primary N) is 1. The Balaban J connectivity index is 0.00000248. The van der Waals surface area contributed by atoms with Crippen molar-refractivity contribution in [2.75, 3.05) is 26.7 Å². The van der Waals surface area contributed by atoms with Gasteiger partial charge in [-0.1, -0.05) is 51.2 Å². The van der Waals surface area contributed by atoms with Gasteiger partial charge in [-0.3, -0.25) is 9.59 Å². The van der Waals surface area contributed by atoms with E-state index in [9.17, 15) is 19.2 Å². The third kappa shape index (κ3) is 11.9. The van der Waals surface area contributed by atoms with Gasteiger partial charge in [0.25, 0.3) is 0 Å². The number of likely N-dealkylation sites (tertiary alicyclic amines) is 2. The van der Waals surface area contributed by atoms with Gasteiger partial charge >= 0.3 is 12.1 Å². The van der Waals surface area contributed by atoms with Crippen molar-refractivity contribution in [1.29, 1.82) is 0 Å². The number of ether oxygens (including phenoxy) is 1. The third-order valence-corrected chi connectivity index (χ3v) is 11.7. The molecular weight excluding hydrogens is 851 g/mol. The molecule has 0 bridgehead atoms. The molecule has 2 saturated heterocycles. The second-order valence-corrected chi connectivity index (χ2v) is 16.3. The van der Waals surface area contributed by atoms with Crippen molar-refractivity contribution < 1.29 is 23.9 Å². The molecule has 0 radical (unpaired) electrons. The molecule has 5 amide bonds. The second kappa shape index (κ2) is 22.1. The predicted molar refractivity (Wildman–Crippen MR) is 257 cm³/mol. The molecule has 332 valence electrons. The number of aromatic nitrogens is 4. The van der Waals surface area contributed by atoms with Crippen molar-refractivity contribution in [3.8, 4) is 23.1 Å². The Bertz CT molecular complexity index is 2200. The normalized spacial score (nSPS) is 18.0. The Hall–Kier alpha value is -4.44. The SMILES string of the molecule is COC(=O)N[C@H](C(=O)N1CC2(CC2)C[C@H]1c1nc2ccc(C#Cc3ccc(-c4cnc([C@@H]5CCCN5C(=O)[C@@H](C)CCCCNC(N)=O)[nH]4)cc3)cc2[nH]1)C(C)C.S.S.S.S. The van der Waals surface area contributed by atoms with Crippen molar-refractivity contribution in [1.82, 2.24) is 40.4 Å². The number of carbonyl (C=O) groups is 4. The summed E-state index contributed by atoms with van der Waals surface area (Å²) in [7, 11) is 1.30. The smallest absolute Gasteiger partial charge is 0.407 e. The van der Waals surface area contributed by atoms with Crippen LogP contribution in [-0.2, 0) is 14.3 Å². The quantitative estimate of drug-likeness (QED) is 0.0805. The van der Waals surface area contributed by atoms with Crippen LogP contribution in [0.25, 0.3) is 22.3 Å². The van der Waals surface area contributed by atoms with Gasteiger partial charge in [0.15, 0.2) is 0 Å². The number of nitrogens with one attached hydrogen (secondary N) is 4. The molecule has 7 rings (SSSR count). The number of hydrogen-bond donors (Lipinski definition) is 5. The maximum absolute atomic E-state index is 13.9. The van der Waals surface area contributed by atoms with Crippen LogP contribution in [0.1, 0.15) is 107 Å². The Kier molecular flexibility index (Phi) is 18.4. The summed E-state index contributed by atoms with van der Waals surface area (Å²) in [4.78, 5) is 70.6. The minimum atomic E-state index is -0.692. The zero-order valence-electron chi connectivity index (χ0n) is 35.2. The highest BCUT2D eigenvalue weighted by Crippen LogP contribution is 2.58. The van der Waals surface area contributed by atoms with Gasteiger partial charge in [-0.25, -0.2) is 19.6 Å². The number of hydrogen-bond acceptors (Lipinski definition) is 7. The van der Waals surface area contributed by atoms with Gasteiger partial charge in [-0.05, 0) is 92.2 Å². The number of aromatic amines is 2. The van der Waals surface area contributed by atoms with E-state index in [-0.39, 0.29) is 95.1 Å². The van der Waals surface area contributed by atoms with E-state index in [1.807, 2.05) is 79.2 Å². The number of methoxy groups -OCH3 is 1. The number of primary amides is 1. The van der Waals surface area contributed by atoms with Gasteiger partial charge in [-0.15, -0.1) is 0 Å². The number of unbranched alkanes of at least 4 members (excludes halogenated alkanes) is 1. The van der Waals surface area contributed by atoms with E-state index in [4.69, 9.17) is 20.4 Å². The van der Waals surface area contributed by atoms with Crippen LogP contribution in [0.5, 0.6) is 0 Å². The number of benzene rings is 2. The summed E-state index contributed by atoms with van der Waals surface area (Å²) in [6, 6.07) is 12.4. The lowest BCUT2D eigenvalue weighted by molar-refractivity contribution is -0.136. The first kappa shape index (κ1) is 50.9. The van der Waals surface area contributed by atoms with Crippen molar-refractivity contribution in [2.24, 2.45) is 23.0 Å². The molecule has 1 saturated carbocycles. The Morgan fingerprint density at radius 1 is 0.918 bits per heavy atom. The summed E-state index contributed by atoms with van der Waals surface area (Å²) in [6.45, 7) is 7.69. The molecule has 18 heteroatoms. The van der Waals surface area contributed by atoms with Gasteiger partial charge in [0.2, 0.25) is 11.8 Å². The third-order valence-electron chi connectivity index (χ3n) is 11.7. The highest BCUT2D eigenvalue weighted by Gasteiger charge is 2.55. The van der Waals surface area contributed by atoms with Crippen LogP contribution in [0.2, 0.25) is 0 Å². The van der Waals surface area contributed by atoms with Gasteiger partial charge < -0.3 is 40.9 Å². The average molecular weight is 912 g/mol. The van der Waals surface area contributed by atoms with E-state index in [0.29, 0.717) is 19.6 Å². The lowest BCUT2D eigenvalue weighted by atomic mass is 10.0. The number of carbonyl (C=O) groups excluding carboxylic acids is 4. The van der Waals surface area contributed by atoms with Crippen molar-refractivity contribution in [3.05, 3.63) is 71.4 Å². The first-order valence-electron chi connectivity index (χ1n) is 20.1. The summed E-state index contributed by atoms with van der Waals surface area (Å²) < 4.78 is 4.81. The maximum Gasteiger partial charge on any atom is 0.407 e. The van der Waals surface area contributed by atoms with E-state index >= 15 is 0 Å². The molecule has 4 aromatic rings. The summed E-state index contributed by atoms with van der Waals surface area (Å²) in [5, 5.41) is 5.34. The van der Waals surface area contributed by atoms with E-state index in [0.717, 1.165) is 96.4 Å². The average Bonchev–Trinajstić information content (AvgIpc) is 3.69. The van der Waals surface area contributed by atoms with E-state index in [1.165, 1.54) is 7.11 Å². The molecule has 4 atom stereocenters.